The molecule has 0 aromatic heterocycles. The lowest BCUT2D eigenvalue weighted by Crippen LogP contribution is -2.17. The van der Waals surface area contributed by atoms with E-state index in [0.29, 0.717) is 0 Å². The molecule has 12 N–H and O–H groups in total. The molecule has 0 fully saturated rings. The first-order chi connectivity index (χ1) is 26.4. The minimum atomic E-state index is -6.11. The van der Waals surface area contributed by atoms with Crippen molar-refractivity contribution in [3.05, 3.63) is 54.6 Å². The first-order valence-corrected chi connectivity index (χ1v) is 27.7. The topological polar surface area (TPSA) is 499 Å². The maximum Gasteiger partial charge on any atom is 0.356 e. The number of benzene rings is 4. The van der Waals surface area contributed by atoms with Crippen LogP contribution in [0.25, 0.3) is 33.4 Å². The monoisotopic (exact) mass is 1030 g/mol. The molecule has 4 rings (SSSR count). The Kier molecular flexibility index (Phi) is 12.6. The van der Waals surface area contributed by atoms with Gasteiger partial charge in [0.05, 0.1) is 15.9 Å². The molecular weight excluding hydrogens is 1010 g/mol. The largest absolute Gasteiger partial charge is 0.356 e. The highest BCUT2D eigenvalue weighted by molar-refractivity contribution is 7.88. The zero-order valence-electron chi connectivity index (χ0n) is 28.0. The molecule has 0 bridgehead atoms. The van der Waals surface area contributed by atoms with Crippen LogP contribution in [-0.2, 0) is 74.4 Å². The molecule has 4 aromatic rings. The van der Waals surface area contributed by atoms with Gasteiger partial charge in [0.2, 0.25) is 0 Å². The van der Waals surface area contributed by atoms with Gasteiger partial charge in [-0.2, -0.15) is 50.5 Å². The van der Waals surface area contributed by atoms with Crippen LogP contribution in [0.1, 0.15) is 0 Å². The molecule has 0 unspecified atom stereocenters. The van der Waals surface area contributed by atoms with E-state index < -0.39 is 162 Å². The van der Waals surface area contributed by atoms with Gasteiger partial charge in [-0.1, -0.05) is 0 Å². The Hall–Kier alpha value is -3.21. The summed E-state index contributed by atoms with van der Waals surface area (Å²) in [6.07, 6.45) is 0. The predicted octanol–water partition coefficient (Wildman–Crippen LogP) is -1.42. The fourth-order valence-corrected chi connectivity index (χ4v) is 12.4. The summed E-state index contributed by atoms with van der Waals surface area (Å²) in [4.78, 5) is 46.6. The summed E-state index contributed by atoms with van der Waals surface area (Å²) in [5.41, 5.74) is -9.44. The summed E-state index contributed by atoms with van der Waals surface area (Å²) < 4.78 is 250. The molecular formula is C24H21O27P3S6. The SMILES string of the molecule is O=P(O)(O)c1cc(S(=O)(=O)O)c(-c2cc(-c3c(S(=O)(=O)O)cc(P(=O)(O)O)cc3S(=O)(=O)O)cc(-c3c(S(=O)(=O)O)cc(P(=O)(O)O)cc3S(=O)(=O)O)c2)c(S(=O)(=O)O)c1. The smallest absolute Gasteiger partial charge is 0.321 e. The van der Waals surface area contributed by atoms with Crippen molar-refractivity contribution >= 4 is 99.4 Å². The van der Waals surface area contributed by atoms with E-state index in [1.54, 1.807) is 0 Å². The molecule has 0 radical (unpaired) electrons. The quantitative estimate of drug-likeness (QED) is 0.0572. The Morgan fingerprint density at radius 2 is 0.417 bits per heavy atom. The average Bonchev–Trinajstić information content (AvgIpc) is 3.02. The summed E-state index contributed by atoms with van der Waals surface area (Å²) >= 11 is 0. The van der Waals surface area contributed by atoms with Crippen molar-refractivity contribution in [3.63, 3.8) is 0 Å². The highest BCUT2D eigenvalue weighted by Crippen LogP contribution is 2.47. The van der Waals surface area contributed by atoms with E-state index in [2.05, 4.69) is 0 Å². The first-order valence-electron chi connectivity index (χ1n) is 14.2. The second-order valence-electron chi connectivity index (χ2n) is 11.7. The molecule has 4 aromatic carbocycles. The fourth-order valence-electron chi connectivity index (χ4n) is 5.37. The van der Waals surface area contributed by atoms with Gasteiger partial charge < -0.3 is 29.4 Å². The third-order valence-electron chi connectivity index (χ3n) is 7.63. The molecule has 0 aliphatic heterocycles. The molecule has 0 atom stereocenters. The van der Waals surface area contributed by atoms with Crippen molar-refractivity contribution in [1.82, 2.24) is 0 Å². The standard InChI is InChI=1S/C24H21O27P3S6/c25-52(26,27)13-4-16(55(34,35)36)22(17(5-13)56(37,38)39)10-1-11(23-18(57(40,41)42)6-14(53(28,29)30)7-19(23)58(43,44)45)3-12(2-10)24-20(59(46,47)48)8-15(54(31,32)33)9-21(24)60(49,50)51/h1-9H,(H2,25,26,27)(H2,28,29,30)(H2,31,32,33)(H,34,35,36)(H,37,38,39)(H,40,41,42)(H,43,44,45)(H,46,47,48)(H,49,50,51). The maximum absolute atomic E-state index is 12.7. The van der Waals surface area contributed by atoms with Gasteiger partial charge in [0, 0.05) is 16.7 Å². The maximum atomic E-state index is 12.7. The summed E-state index contributed by atoms with van der Waals surface area (Å²) in [6, 6.07) is -0.397. The summed E-state index contributed by atoms with van der Waals surface area (Å²) in [7, 11) is -54.1. The molecule has 0 saturated carbocycles. The lowest BCUT2D eigenvalue weighted by Gasteiger charge is -2.21. The van der Waals surface area contributed by atoms with Crippen LogP contribution in [0.4, 0.5) is 0 Å². The van der Waals surface area contributed by atoms with Crippen LogP contribution in [0.3, 0.4) is 0 Å². The first kappa shape index (κ1) is 49.4. The Bertz CT molecular complexity index is 2870. The summed E-state index contributed by atoms with van der Waals surface area (Å²) in [6.45, 7) is 0. The minimum absolute atomic E-state index is 0.142. The van der Waals surface area contributed by atoms with Gasteiger partial charge in [0.15, 0.2) is 0 Å². The Morgan fingerprint density at radius 3 is 0.517 bits per heavy atom. The van der Waals surface area contributed by atoms with E-state index in [0.717, 1.165) is 0 Å². The molecule has 330 valence electrons. The number of rotatable bonds is 12. The van der Waals surface area contributed by atoms with E-state index in [4.69, 9.17) is 0 Å². The van der Waals surface area contributed by atoms with Crippen LogP contribution in [-0.4, -0.2) is 107 Å². The van der Waals surface area contributed by atoms with Gasteiger partial charge in [-0.3, -0.25) is 41.0 Å². The zero-order chi connectivity index (χ0) is 46.5. The molecule has 0 aliphatic rings. The third-order valence-corrected chi connectivity index (χ3v) is 15.7. The highest BCUT2D eigenvalue weighted by atomic mass is 32.2. The van der Waals surface area contributed by atoms with Crippen LogP contribution < -0.4 is 15.9 Å². The van der Waals surface area contributed by atoms with Crippen molar-refractivity contribution in [2.75, 3.05) is 0 Å². The molecule has 36 heteroatoms. The highest BCUT2D eigenvalue weighted by Gasteiger charge is 2.37. The Morgan fingerprint density at radius 1 is 0.283 bits per heavy atom. The van der Waals surface area contributed by atoms with Crippen LogP contribution in [0, 0.1) is 0 Å². The zero-order valence-corrected chi connectivity index (χ0v) is 35.6. The predicted molar refractivity (Wildman–Crippen MR) is 197 cm³/mol. The van der Waals surface area contributed by atoms with Crippen molar-refractivity contribution < 1.29 is 121 Å². The Balaban J connectivity index is 2.60. The molecule has 0 amide bonds. The van der Waals surface area contributed by atoms with Crippen molar-refractivity contribution in [2.45, 2.75) is 29.4 Å². The molecule has 0 aliphatic carbocycles. The second-order valence-corrected chi connectivity index (χ2v) is 24.9. The van der Waals surface area contributed by atoms with Gasteiger partial charge in [0.25, 0.3) is 60.7 Å². The number of hydrogen-bond acceptors (Lipinski definition) is 15. The van der Waals surface area contributed by atoms with Crippen molar-refractivity contribution in [1.29, 1.82) is 0 Å². The van der Waals surface area contributed by atoms with Crippen LogP contribution in [0.15, 0.2) is 84.0 Å². The molecule has 0 saturated heterocycles. The third kappa shape index (κ3) is 10.5. The van der Waals surface area contributed by atoms with Gasteiger partial charge in [0.1, 0.15) is 29.4 Å². The van der Waals surface area contributed by atoms with E-state index >= 15 is 0 Å². The normalized spacial score (nSPS) is 14.0. The lowest BCUT2D eigenvalue weighted by atomic mass is 9.93. The number of hydrogen-bond donors (Lipinski definition) is 12. The second kappa shape index (κ2) is 15.3. The summed E-state index contributed by atoms with van der Waals surface area (Å²) in [5.74, 6) is 0. The van der Waals surface area contributed by atoms with Crippen LogP contribution >= 0.6 is 22.8 Å². The fraction of sp³-hybridized carbons (Fsp3) is 0. The molecule has 0 heterocycles. The van der Waals surface area contributed by atoms with Gasteiger partial charge in [-0.05, 0) is 71.3 Å². The minimum Gasteiger partial charge on any atom is -0.321 e. The molecule has 27 nitrogen and oxygen atoms in total. The van der Waals surface area contributed by atoms with Gasteiger partial charge in [-0.15, -0.1) is 0 Å². The van der Waals surface area contributed by atoms with Crippen LogP contribution in [0.5, 0.6) is 0 Å². The van der Waals surface area contributed by atoms with E-state index in [1.165, 1.54) is 0 Å². The lowest BCUT2D eigenvalue weighted by molar-refractivity contribution is 0.385. The molecule has 0 spiro atoms. The van der Waals surface area contributed by atoms with E-state index in [-0.39, 0.29) is 54.6 Å². The summed E-state index contributed by atoms with van der Waals surface area (Å²) in [5, 5.41) is -4.81. The average molecular weight is 1030 g/mol. The Labute approximate surface area is 336 Å². The van der Waals surface area contributed by atoms with Crippen molar-refractivity contribution in [3.8, 4) is 33.4 Å². The van der Waals surface area contributed by atoms with E-state index in [9.17, 15) is 121 Å². The van der Waals surface area contributed by atoms with Crippen molar-refractivity contribution in [2.24, 2.45) is 0 Å². The van der Waals surface area contributed by atoms with Gasteiger partial charge >= 0.3 is 22.8 Å². The van der Waals surface area contributed by atoms with Gasteiger partial charge in [-0.25, -0.2) is 0 Å². The van der Waals surface area contributed by atoms with Crippen LogP contribution in [0.2, 0.25) is 0 Å². The molecule has 60 heavy (non-hydrogen) atoms. The van der Waals surface area contributed by atoms with E-state index in [1.807, 2.05) is 0 Å².